The smallest absolute Gasteiger partial charge is 0.246 e. The summed E-state index contributed by atoms with van der Waals surface area (Å²) in [5, 5.41) is 8.89. The van der Waals surface area contributed by atoms with Crippen molar-refractivity contribution >= 4 is 12.0 Å². The second kappa shape index (κ2) is 7.85. The summed E-state index contributed by atoms with van der Waals surface area (Å²) in [5.74, 6) is -0.00609. The monoisotopic (exact) mass is 275 g/mol. The molecule has 0 aliphatic rings. The van der Waals surface area contributed by atoms with E-state index in [0.29, 0.717) is 13.0 Å². The Labute approximate surface area is 121 Å². The Bertz CT molecular complexity index is 478. The van der Waals surface area contributed by atoms with Crippen molar-refractivity contribution in [2.24, 2.45) is 0 Å². The van der Waals surface area contributed by atoms with Crippen LogP contribution < -0.4 is 0 Å². The number of aryl methyl sites for hydroxylation is 2. The Kier molecular flexibility index (Phi) is 6.46. The second-order valence-electron chi connectivity index (χ2n) is 5.40. The highest BCUT2D eigenvalue weighted by atomic mass is 16.3. The Morgan fingerprint density at radius 2 is 2.05 bits per heavy atom. The molecule has 3 heteroatoms. The van der Waals surface area contributed by atoms with Crippen molar-refractivity contribution < 1.29 is 9.90 Å². The van der Waals surface area contributed by atoms with E-state index in [1.165, 1.54) is 11.1 Å². The number of benzene rings is 1. The van der Waals surface area contributed by atoms with Gasteiger partial charge in [0.15, 0.2) is 0 Å². The molecule has 1 amide bonds. The molecule has 0 atom stereocenters. The third kappa shape index (κ3) is 4.82. The molecule has 3 nitrogen and oxygen atoms in total. The number of hydrogen-bond acceptors (Lipinski definition) is 2. The van der Waals surface area contributed by atoms with Crippen LogP contribution >= 0.6 is 0 Å². The molecule has 1 rings (SSSR count). The van der Waals surface area contributed by atoms with E-state index in [0.717, 1.165) is 5.56 Å². The maximum atomic E-state index is 12.2. The van der Waals surface area contributed by atoms with E-state index < -0.39 is 0 Å². The summed E-state index contributed by atoms with van der Waals surface area (Å²) in [6, 6.07) is 6.32. The van der Waals surface area contributed by atoms with E-state index in [4.69, 9.17) is 5.11 Å². The van der Waals surface area contributed by atoms with E-state index >= 15 is 0 Å². The topological polar surface area (TPSA) is 40.5 Å². The first-order valence-corrected chi connectivity index (χ1v) is 7.12. The first kappa shape index (κ1) is 16.4. The lowest BCUT2D eigenvalue weighted by molar-refractivity contribution is -0.127. The first-order chi connectivity index (χ1) is 9.45. The zero-order valence-corrected chi connectivity index (χ0v) is 12.9. The summed E-state index contributed by atoms with van der Waals surface area (Å²) >= 11 is 0. The van der Waals surface area contributed by atoms with Crippen LogP contribution in [0.3, 0.4) is 0 Å². The van der Waals surface area contributed by atoms with Gasteiger partial charge in [0.1, 0.15) is 0 Å². The normalized spacial score (nSPS) is 11.3. The Morgan fingerprint density at radius 1 is 1.35 bits per heavy atom. The van der Waals surface area contributed by atoms with Gasteiger partial charge in [-0.3, -0.25) is 4.79 Å². The highest BCUT2D eigenvalue weighted by Gasteiger charge is 2.13. The summed E-state index contributed by atoms with van der Waals surface area (Å²) in [6.07, 6.45) is 4.10. The molecular weight excluding hydrogens is 250 g/mol. The van der Waals surface area contributed by atoms with Gasteiger partial charge in [0, 0.05) is 25.3 Å². The number of carbonyl (C=O) groups is 1. The van der Waals surface area contributed by atoms with Crippen molar-refractivity contribution in [2.75, 3.05) is 13.2 Å². The van der Waals surface area contributed by atoms with Crippen LogP contribution in [-0.2, 0) is 4.79 Å². The summed E-state index contributed by atoms with van der Waals surface area (Å²) in [7, 11) is 0. The van der Waals surface area contributed by atoms with Crippen LogP contribution in [0.5, 0.6) is 0 Å². The maximum Gasteiger partial charge on any atom is 0.246 e. The molecule has 0 saturated heterocycles. The minimum Gasteiger partial charge on any atom is -0.396 e. The Hall–Kier alpha value is -1.61. The number of nitrogens with zero attached hydrogens (tertiary/aromatic N) is 1. The van der Waals surface area contributed by atoms with Gasteiger partial charge in [0.2, 0.25) is 5.91 Å². The van der Waals surface area contributed by atoms with Crippen LogP contribution in [0, 0.1) is 13.8 Å². The number of carbonyl (C=O) groups excluding carboxylic acids is 1. The average Bonchev–Trinajstić information content (AvgIpc) is 2.37. The molecule has 1 N–H and O–H groups in total. The van der Waals surface area contributed by atoms with Gasteiger partial charge >= 0.3 is 0 Å². The molecule has 0 radical (unpaired) electrons. The summed E-state index contributed by atoms with van der Waals surface area (Å²) in [5.41, 5.74) is 3.45. The third-order valence-corrected chi connectivity index (χ3v) is 3.29. The zero-order chi connectivity index (χ0) is 15.1. The number of amides is 1. The highest BCUT2D eigenvalue weighted by molar-refractivity contribution is 5.92. The van der Waals surface area contributed by atoms with Crippen LogP contribution in [0.25, 0.3) is 6.08 Å². The van der Waals surface area contributed by atoms with E-state index in [1.807, 2.05) is 39.0 Å². The van der Waals surface area contributed by atoms with Crippen LogP contribution in [0.1, 0.15) is 37.0 Å². The Balaban J connectivity index is 2.78. The van der Waals surface area contributed by atoms with Gasteiger partial charge in [-0.05, 0) is 51.3 Å². The molecule has 20 heavy (non-hydrogen) atoms. The molecule has 0 saturated carbocycles. The van der Waals surface area contributed by atoms with Crippen molar-refractivity contribution in [1.29, 1.82) is 0 Å². The third-order valence-electron chi connectivity index (χ3n) is 3.29. The minimum absolute atomic E-state index is 0.00609. The number of rotatable bonds is 6. The van der Waals surface area contributed by atoms with Crippen LogP contribution in [0.4, 0.5) is 0 Å². The van der Waals surface area contributed by atoms with Gasteiger partial charge in [-0.1, -0.05) is 23.8 Å². The summed E-state index contributed by atoms with van der Waals surface area (Å²) in [6.45, 7) is 8.77. The molecule has 1 aromatic carbocycles. The van der Waals surface area contributed by atoms with E-state index in [2.05, 4.69) is 13.0 Å². The largest absolute Gasteiger partial charge is 0.396 e. The Morgan fingerprint density at radius 3 is 2.60 bits per heavy atom. The van der Waals surface area contributed by atoms with Crippen molar-refractivity contribution in [3.63, 3.8) is 0 Å². The molecule has 0 fully saturated rings. The lowest BCUT2D eigenvalue weighted by Crippen LogP contribution is -2.36. The molecule has 0 bridgehead atoms. The molecule has 0 unspecified atom stereocenters. The van der Waals surface area contributed by atoms with Crippen LogP contribution in [-0.4, -0.2) is 35.1 Å². The fraction of sp³-hybridized carbons (Fsp3) is 0.471. The fourth-order valence-electron chi connectivity index (χ4n) is 2.13. The van der Waals surface area contributed by atoms with E-state index in [-0.39, 0.29) is 18.6 Å². The molecule has 0 heterocycles. The zero-order valence-electron chi connectivity index (χ0n) is 12.9. The van der Waals surface area contributed by atoms with Crippen LogP contribution in [0.15, 0.2) is 24.3 Å². The van der Waals surface area contributed by atoms with Gasteiger partial charge in [0.05, 0.1) is 0 Å². The van der Waals surface area contributed by atoms with Crippen molar-refractivity contribution in [3.8, 4) is 0 Å². The SMILES string of the molecule is Cc1ccc(/C=C/C(=O)N(CCCO)C(C)C)c(C)c1. The van der Waals surface area contributed by atoms with E-state index in [9.17, 15) is 4.79 Å². The lowest BCUT2D eigenvalue weighted by Gasteiger charge is -2.25. The molecule has 0 spiro atoms. The van der Waals surface area contributed by atoms with Gasteiger partial charge in [-0.25, -0.2) is 0 Å². The quantitative estimate of drug-likeness (QED) is 0.811. The first-order valence-electron chi connectivity index (χ1n) is 7.12. The summed E-state index contributed by atoms with van der Waals surface area (Å²) in [4.78, 5) is 14.0. The van der Waals surface area contributed by atoms with Gasteiger partial charge in [0.25, 0.3) is 0 Å². The number of hydrogen-bond donors (Lipinski definition) is 1. The second-order valence-corrected chi connectivity index (χ2v) is 5.40. The van der Waals surface area contributed by atoms with E-state index in [1.54, 1.807) is 11.0 Å². The van der Waals surface area contributed by atoms with Gasteiger partial charge in [-0.2, -0.15) is 0 Å². The van der Waals surface area contributed by atoms with Crippen molar-refractivity contribution in [1.82, 2.24) is 4.90 Å². The molecule has 0 aliphatic carbocycles. The number of aliphatic hydroxyl groups excluding tert-OH is 1. The highest BCUT2D eigenvalue weighted by Crippen LogP contribution is 2.12. The molecule has 110 valence electrons. The summed E-state index contributed by atoms with van der Waals surface area (Å²) < 4.78 is 0. The molecular formula is C17H25NO2. The van der Waals surface area contributed by atoms with Crippen molar-refractivity contribution in [2.45, 2.75) is 40.2 Å². The lowest BCUT2D eigenvalue weighted by atomic mass is 10.1. The molecule has 1 aromatic rings. The maximum absolute atomic E-state index is 12.2. The predicted octanol–water partition coefficient (Wildman–Crippen LogP) is 2.94. The number of aliphatic hydroxyl groups is 1. The fourth-order valence-corrected chi connectivity index (χ4v) is 2.13. The van der Waals surface area contributed by atoms with Crippen LogP contribution in [0.2, 0.25) is 0 Å². The van der Waals surface area contributed by atoms with Crippen molar-refractivity contribution in [3.05, 3.63) is 41.0 Å². The minimum atomic E-state index is -0.00609. The van der Waals surface area contributed by atoms with Gasteiger partial charge < -0.3 is 10.0 Å². The molecule has 0 aromatic heterocycles. The standard InChI is InChI=1S/C17H25NO2/c1-13(2)18(10-5-11-19)17(20)9-8-16-7-6-14(3)12-15(16)4/h6-9,12-13,19H,5,10-11H2,1-4H3/b9-8+. The average molecular weight is 275 g/mol. The van der Waals surface area contributed by atoms with Gasteiger partial charge in [-0.15, -0.1) is 0 Å². The predicted molar refractivity (Wildman–Crippen MR) is 83.5 cm³/mol. The molecule has 0 aliphatic heterocycles.